The average molecular weight is 239 g/mol. The average Bonchev–Trinajstić information content (AvgIpc) is 2.27. The van der Waals surface area contributed by atoms with E-state index in [0.29, 0.717) is 16.7 Å². The molecule has 4 nitrogen and oxygen atoms in total. The molecule has 0 N–H and O–H groups in total. The number of halogens is 1. The highest BCUT2D eigenvalue weighted by Gasteiger charge is 2.13. The first kappa shape index (κ1) is 10.7. The van der Waals surface area contributed by atoms with Crippen molar-refractivity contribution in [3.05, 3.63) is 40.2 Å². The lowest BCUT2D eigenvalue weighted by molar-refractivity contribution is 0.107. The van der Waals surface area contributed by atoms with Crippen LogP contribution in [0.3, 0.4) is 0 Å². The molecule has 1 aromatic heterocycles. The molecule has 0 fully saturated rings. The zero-order valence-electron chi connectivity index (χ0n) is 8.32. The molecule has 0 spiro atoms. The normalized spacial score (nSPS) is 10.4. The van der Waals surface area contributed by atoms with Crippen molar-refractivity contribution >= 4 is 27.8 Å². The van der Waals surface area contributed by atoms with Gasteiger partial charge in [-0.2, -0.15) is 0 Å². The van der Waals surface area contributed by atoms with Crippen LogP contribution >= 0.6 is 11.6 Å². The van der Waals surface area contributed by atoms with E-state index in [-0.39, 0.29) is 5.56 Å². The van der Waals surface area contributed by atoms with Gasteiger partial charge in [0.15, 0.2) is 11.3 Å². The molecule has 0 saturated carbocycles. The highest BCUT2D eigenvalue weighted by atomic mass is 35.5. The first-order valence-corrected chi connectivity index (χ1v) is 4.82. The SMILES string of the molecule is COc1cccc2cc(C(=O)Cl)c(=O)oc12. The number of hydrogen-bond donors (Lipinski definition) is 0. The van der Waals surface area contributed by atoms with Crippen LogP contribution in [0.2, 0.25) is 0 Å². The Hall–Kier alpha value is -1.81. The summed E-state index contributed by atoms with van der Waals surface area (Å²) in [5.41, 5.74) is -0.643. The lowest BCUT2D eigenvalue weighted by Crippen LogP contribution is -2.09. The van der Waals surface area contributed by atoms with Crippen molar-refractivity contribution in [3.8, 4) is 5.75 Å². The van der Waals surface area contributed by atoms with Gasteiger partial charge in [-0.1, -0.05) is 12.1 Å². The number of hydrogen-bond acceptors (Lipinski definition) is 4. The van der Waals surface area contributed by atoms with Crippen molar-refractivity contribution in [3.63, 3.8) is 0 Å². The molecule has 2 aromatic rings. The predicted octanol–water partition coefficient (Wildman–Crippen LogP) is 2.18. The molecule has 0 aliphatic heterocycles. The smallest absolute Gasteiger partial charge is 0.348 e. The third-order valence-electron chi connectivity index (χ3n) is 2.16. The van der Waals surface area contributed by atoms with Crippen LogP contribution in [0.5, 0.6) is 5.75 Å². The van der Waals surface area contributed by atoms with E-state index in [2.05, 4.69) is 0 Å². The largest absolute Gasteiger partial charge is 0.493 e. The number of carbonyl (C=O) groups excluding carboxylic acids is 1. The lowest BCUT2D eigenvalue weighted by atomic mass is 10.2. The van der Waals surface area contributed by atoms with Gasteiger partial charge in [-0.15, -0.1) is 0 Å². The van der Waals surface area contributed by atoms with E-state index in [4.69, 9.17) is 20.8 Å². The molecule has 0 saturated heterocycles. The van der Waals surface area contributed by atoms with E-state index in [1.54, 1.807) is 18.2 Å². The first-order chi connectivity index (χ1) is 7.63. The Morgan fingerprint density at radius 2 is 2.19 bits per heavy atom. The number of methoxy groups -OCH3 is 1. The summed E-state index contributed by atoms with van der Waals surface area (Å²) in [6.45, 7) is 0. The summed E-state index contributed by atoms with van der Waals surface area (Å²) in [6, 6.07) is 6.47. The molecule has 0 unspecified atom stereocenters. The van der Waals surface area contributed by atoms with Gasteiger partial charge >= 0.3 is 5.63 Å². The summed E-state index contributed by atoms with van der Waals surface area (Å²) in [5.74, 6) is 0.433. The number of carbonyl (C=O) groups is 1. The van der Waals surface area contributed by atoms with Crippen molar-refractivity contribution in [2.24, 2.45) is 0 Å². The van der Waals surface area contributed by atoms with Gasteiger partial charge in [-0.3, -0.25) is 4.79 Å². The van der Waals surface area contributed by atoms with Crippen molar-refractivity contribution in [1.29, 1.82) is 0 Å². The van der Waals surface area contributed by atoms with Crippen LogP contribution in [0.1, 0.15) is 10.4 Å². The Morgan fingerprint density at radius 3 is 2.81 bits per heavy atom. The standard InChI is InChI=1S/C11H7ClO4/c1-15-8-4-2-3-6-5-7(10(12)13)11(14)16-9(6)8/h2-5H,1H3. The zero-order valence-corrected chi connectivity index (χ0v) is 9.08. The number of ether oxygens (including phenoxy) is 1. The zero-order chi connectivity index (χ0) is 11.7. The minimum absolute atomic E-state index is 0.178. The van der Waals surface area contributed by atoms with Gasteiger partial charge < -0.3 is 9.15 Å². The molecular weight excluding hydrogens is 232 g/mol. The molecule has 0 aliphatic rings. The molecule has 0 bridgehead atoms. The summed E-state index contributed by atoms with van der Waals surface area (Å²) < 4.78 is 10.0. The Kier molecular flexibility index (Phi) is 2.66. The molecule has 2 rings (SSSR count). The van der Waals surface area contributed by atoms with E-state index in [9.17, 15) is 9.59 Å². The Bertz CT molecular complexity index is 615. The Labute approximate surface area is 95.4 Å². The summed E-state index contributed by atoms with van der Waals surface area (Å²) in [4.78, 5) is 22.4. The molecule has 82 valence electrons. The van der Waals surface area contributed by atoms with Crippen LogP contribution in [0.4, 0.5) is 0 Å². The van der Waals surface area contributed by atoms with Gasteiger partial charge in [-0.05, 0) is 23.7 Å². The molecule has 16 heavy (non-hydrogen) atoms. The van der Waals surface area contributed by atoms with Crippen LogP contribution in [-0.4, -0.2) is 12.4 Å². The maximum absolute atomic E-state index is 11.4. The van der Waals surface area contributed by atoms with Crippen LogP contribution in [-0.2, 0) is 0 Å². The molecular formula is C11H7ClO4. The summed E-state index contributed by atoms with van der Waals surface area (Å²) in [5, 5.41) is -0.249. The number of benzene rings is 1. The van der Waals surface area contributed by atoms with Gasteiger partial charge in [0.05, 0.1) is 7.11 Å². The first-order valence-electron chi connectivity index (χ1n) is 4.44. The van der Waals surface area contributed by atoms with Crippen LogP contribution in [0, 0.1) is 0 Å². The van der Waals surface area contributed by atoms with E-state index < -0.39 is 10.9 Å². The molecule has 0 radical (unpaired) electrons. The lowest BCUT2D eigenvalue weighted by Gasteiger charge is -2.03. The number of rotatable bonds is 2. The molecule has 0 amide bonds. The van der Waals surface area contributed by atoms with E-state index in [1.807, 2.05) is 0 Å². The summed E-state index contributed by atoms with van der Waals surface area (Å²) >= 11 is 5.25. The maximum atomic E-state index is 11.4. The number of fused-ring (bicyclic) bond motifs is 1. The fourth-order valence-corrected chi connectivity index (χ4v) is 1.55. The topological polar surface area (TPSA) is 56.5 Å². The molecule has 1 heterocycles. The second-order valence-electron chi connectivity index (χ2n) is 3.10. The summed E-state index contributed by atoms with van der Waals surface area (Å²) in [7, 11) is 1.47. The maximum Gasteiger partial charge on any atom is 0.348 e. The van der Waals surface area contributed by atoms with Crippen LogP contribution < -0.4 is 10.4 Å². The number of para-hydroxylation sites is 1. The quantitative estimate of drug-likeness (QED) is 0.594. The molecule has 0 aliphatic carbocycles. The van der Waals surface area contributed by atoms with Gasteiger partial charge in [-0.25, -0.2) is 4.79 Å². The highest BCUT2D eigenvalue weighted by molar-refractivity contribution is 6.67. The van der Waals surface area contributed by atoms with Crippen molar-refractivity contribution in [2.75, 3.05) is 7.11 Å². The second kappa shape index (κ2) is 3.98. The third kappa shape index (κ3) is 1.67. The third-order valence-corrected chi connectivity index (χ3v) is 2.36. The van der Waals surface area contributed by atoms with Crippen LogP contribution in [0.25, 0.3) is 11.0 Å². The fraction of sp³-hybridized carbons (Fsp3) is 0.0909. The Morgan fingerprint density at radius 1 is 1.44 bits per heavy atom. The predicted molar refractivity (Wildman–Crippen MR) is 59.2 cm³/mol. The molecule has 0 atom stereocenters. The fourth-order valence-electron chi connectivity index (χ4n) is 1.42. The minimum atomic E-state index is -0.835. The molecule has 5 heteroatoms. The van der Waals surface area contributed by atoms with E-state index in [1.165, 1.54) is 13.2 Å². The van der Waals surface area contributed by atoms with Gasteiger partial charge in [0.1, 0.15) is 5.56 Å². The van der Waals surface area contributed by atoms with Crippen molar-refractivity contribution in [1.82, 2.24) is 0 Å². The summed E-state index contributed by atoms with van der Waals surface area (Å²) in [6.07, 6.45) is 0. The van der Waals surface area contributed by atoms with Gasteiger partial charge in [0.25, 0.3) is 5.24 Å². The van der Waals surface area contributed by atoms with E-state index in [0.717, 1.165) is 0 Å². The van der Waals surface area contributed by atoms with Gasteiger partial charge in [0, 0.05) is 5.39 Å². The minimum Gasteiger partial charge on any atom is -0.493 e. The van der Waals surface area contributed by atoms with Gasteiger partial charge in [0.2, 0.25) is 0 Å². The monoisotopic (exact) mass is 238 g/mol. The van der Waals surface area contributed by atoms with Crippen LogP contribution in [0.15, 0.2) is 33.5 Å². The molecule has 1 aromatic carbocycles. The van der Waals surface area contributed by atoms with Crippen molar-refractivity contribution < 1.29 is 13.9 Å². The van der Waals surface area contributed by atoms with E-state index >= 15 is 0 Å². The Balaban J connectivity index is 2.83. The van der Waals surface area contributed by atoms with Crippen molar-refractivity contribution in [2.45, 2.75) is 0 Å². The second-order valence-corrected chi connectivity index (χ2v) is 3.44. The highest BCUT2D eigenvalue weighted by Crippen LogP contribution is 2.24.